The number of nitrogens with zero attached hydrogens (tertiary/aromatic N) is 5. The van der Waals surface area contributed by atoms with Crippen LogP contribution >= 0.6 is 23.1 Å². The average Bonchev–Trinajstić information content (AvgIpc) is 3.51. The molecule has 0 fully saturated rings. The van der Waals surface area contributed by atoms with Crippen LogP contribution < -0.4 is 5.56 Å². The highest BCUT2D eigenvalue weighted by Crippen LogP contribution is 2.37. The first kappa shape index (κ1) is 19.8. The van der Waals surface area contributed by atoms with Gasteiger partial charge in [-0.15, -0.1) is 11.3 Å². The molecule has 0 radical (unpaired) electrons. The highest BCUT2D eigenvalue weighted by molar-refractivity contribution is 7.98. The van der Waals surface area contributed by atoms with Gasteiger partial charge in [-0.3, -0.25) is 13.8 Å². The first-order valence-corrected chi connectivity index (χ1v) is 12.4. The Labute approximate surface area is 192 Å². The minimum Gasteiger partial charge on any atom is -0.467 e. The molecule has 0 saturated carbocycles. The molecule has 0 amide bonds. The van der Waals surface area contributed by atoms with E-state index in [2.05, 4.69) is 16.9 Å². The number of thioether (sulfide) groups is 1. The Morgan fingerprint density at radius 2 is 2.25 bits per heavy atom. The number of aromatic nitrogens is 5. The summed E-state index contributed by atoms with van der Waals surface area (Å²) in [5, 5.41) is 1.49. The highest BCUT2D eigenvalue weighted by atomic mass is 32.2. The van der Waals surface area contributed by atoms with E-state index in [-0.39, 0.29) is 5.56 Å². The lowest BCUT2D eigenvalue weighted by atomic mass is 9.89. The van der Waals surface area contributed by atoms with Gasteiger partial charge in [-0.05, 0) is 48.9 Å². The van der Waals surface area contributed by atoms with Crippen LogP contribution in [0.4, 0.5) is 0 Å². The number of imidazole rings is 1. The van der Waals surface area contributed by atoms with E-state index in [1.54, 1.807) is 28.4 Å². The maximum atomic E-state index is 13.7. The van der Waals surface area contributed by atoms with Gasteiger partial charge in [-0.2, -0.15) is 0 Å². The topological polar surface area (TPSA) is 78.2 Å². The van der Waals surface area contributed by atoms with E-state index in [1.807, 2.05) is 35.0 Å². The van der Waals surface area contributed by atoms with Crippen molar-refractivity contribution in [1.82, 2.24) is 23.9 Å². The van der Waals surface area contributed by atoms with Crippen molar-refractivity contribution in [2.24, 2.45) is 5.92 Å². The SMILES string of the molecule is CC1CCc2c(sc3nc(SCc4cn5cccnc5n4)n(Cc4ccco4)c(=O)c23)C1. The lowest BCUT2D eigenvalue weighted by Crippen LogP contribution is -2.24. The number of furan rings is 1. The summed E-state index contributed by atoms with van der Waals surface area (Å²) < 4.78 is 9.21. The normalized spacial score (nSPS) is 16.1. The van der Waals surface area contributed by atoms with Crippen LogP contribution in [-0.4, -0.2) is 23.9 Å². The van der Waals surface area contributed by atoms with Crippen molar-refractivity contribution < 1.29 is 4.42 Å². The Morgan fingerprint density at radius 1 is 1.31 bits per heavy atom. The summed E-state index contributed by atoms with van der Waals surface area (Å²) in [4.78, 5) is 29.7. The maximum absolute atomic E-state index is 13.7. The predicted octanol–water partition coefficient (Wildman–Crippen LogP) is 4.56. The minimum atomic E-state index is 0.0256. The van der Waals surface area contributed by atoms with Crippen LogP contribution in [-0.2, 0) is 25.1 Å². The third kappa shape index (κ3) is 3.45. The Morgan fingerprint density at radius 3 is 3.09 bits per heavy atom. The van der Waals surface area contributed by atoms with Crippen molar-refractivity contribution in [3.8, 4) is 0 Å². The van der Waals surface area contributed by atoms with Crippen LogP contribution in [0.15, 0.2) is 57.4 Å². The molecule has 5 heterocycles. The summed E-state index contributed by atoms with van der Waals surface area (Å²) >= 11 is 3.21. The van der Waals surface area contributed by atoms with Gasteiger partial charge < -0.3 is 4.42 Å². The van der Waals surface area contributed by atoms with E-state index >= 15 is 0 Å². The number of hydrogen-bond donors (Lipinski definition) is 0. The second kappa shape index (κ2) is 7.90. The molecule has 6 rings (SSSR count). The van der Waals surface area contributed by atoms with Crippen molar-refractivity contribution in [1.29, 1.82) is 0 Å². The molecule has 0 saturated heterocycles. The third-order valence-electron chi connectivity index (χ3n) is 5.91. The molecule has 32 heavy (non-hydrogen) atoms. The zero-order valence-electron chi connectivity index (χ0n) is 17.5. The Balaban J connectivity index is 1.42. The van der Waals surface area contributed by atoms with Crippen LogP contribution in [0, 0.1) is 5.92 Å². The van der Waals surface area contributed by atoms with E-state index in [0.717, 1.165) is 40.9 Å². The first-order chi connectivity index (χ1) is 15.7. The molecular formula is C23H21N5O2S2. The molecule has 162 valence electrons. The molecule has 1 unspecified atom stereocenters. The summed E-state index contributed by atoms with van der Waals surface area (Å²) in [5.41, 5.74) is 2.13. The van der Waals surface area contributed by atoms with Crippen LogP contribution in [0.1, 0.15) is 35.2 Å². The lowest BCUT2D eigenvalue weighted by molar-refractivity contribution is 0.476. The van der Waals surface area contributed by atoms with Gasteiger partial charge in [0.1, 0.15) is 10.6 Å². The van der Waals surface area contributed by atoms with Gasteiger partial charge in [-0.1, -0.05) is 18.7 Å². The van der Waals surface area contributed by atoms with E-state index in [9.17, 15) is 4.79 Å². The van der Waals surface area contributed by atoms with E-state index < -0.39 is 0 Å². The number of aryl methyl sites for hydroxylation is 1. The fraction of sp³-hybridized carbons (Fsp3) is 0.304. The number of rotatable bonds is 5. The summed E-state index contributed by atoms with van der Waals surface area (Å²) in [6.45, 7) is 2.64. The number of fused-ring (bicyclic) bond motifs is 4. The quantitative estimate of drug-likeness (QED) is 0.281. The smallest absolute Gasteiger partial charge is 0.263 e. The first-order valence-electron chi connectivity index (χ1n) is 10.6. The second-order valence-electron chi connectivity index (χ2n) is 8.24. The molecule has 9 heteroatoms. The van der Waals surface area contributed by atoms with Gasteiger partial charge in [0.25, 0.3) is 5.56 Å². The summed E-state index contributed by atoms with van der Waals surface area (Å²) in [6.07, 6.45) is 10.4. The highest BCUT2D eigenvalue weighted by Gasteiger charge is 2.25. The van der Waals surface area contributed by atoms with Crippen molar-refractivity contribution >= 4 is 39.1 Å². The van der Waals surface area contributed by atoms with Crippen molar-refractivity contribution in [2.45, 2.75) is 43.6 Å². The predicted molar refractivity (Wildman–Crippen MR) is 125 cm³/mol. The van der Waals surface area contributed by atoms with E-state index in [0.29, 0.717) is 29.1 Å². The zero-order chi connectivity index (χ0) is 21.7. The Hall–Kier alpha value is -2.91. The van der Waals surface area contributed by atoms with E-state index in [4.69, 9.17) is 9.40 Å². The van der Waals surface area contributed by atoms with Gasteiger partial charge in [0, 0.05) is 29.2 Å². The molecule has 0 spiro atoms. The van der Waals surface area contributed by atoms with Gasteiger partial charge in [0.15, 0.2) is 5.16 Å². The Kier molecular flexibility index (Phi) is 4.87. The lowest BCUT2D eigenvalue weighted by Gasteiger charge is -2.17. The Bertz CT molecular complexity index is 1450. The van der Waals surface area contributed by atoms with Crippen LogP contribution in [0.25, 0.3) is 16.0 Å². The minimum absolute atomic E-state index is 0.0256. The van der Waals surface area contributed by atoms with Gasteiger partial charge in [-0.25, -0.2) is 15.0 Å². The summed E-state index contributed by atoms with van der Waals surface area (Å²) in [5.74, 6) is 2.66. The standard InChI is InChI=1S/C23H21N5O2S2/c1-14-5-6-17-18(10-14)32-20-19(17)21(29)28(12-16-4-2-9-30-16)23(26-20)31-13-15-11-27-8-3-7-24-22(27)25-15/h2-4,7-9,11,14H,5-6,10,12-13H2,1H3. The summed E-state index contributed by atoms with van der Waals surface area (Å²) in [7, 11) is 0. The van der Waals surface area contributed by atoms with Crippen LogP contribution in [0.3, 0.4) is 0 Å². The van der Waals surface area contributed by atoms with Gasteiger partial charge in [0.05, 0.1) is 23.9 Å². The molecule has 7 nitrogen and oxygen atoms in total. The molecule has 0 aromatic carbocycles. The molecule has 0 aliphatic heterocycles. The largest absolute Gasteiger partial charge is 0.467 e. The van der Waals surface area contributed by atoms with Gasteiger partial charge in [0.2, 0.25) is 5.78 Å². The molecule has 0 N–H and O–H groups in total. The molecule has 1 atom stereocenters. The molecule has 0 bridgehead atoms. The number of hydrogen-bond acceptors (Lipinski definition) is 7. The van der Waals surface area contributed by atoms with E-state index in [1.165, 1.54) is 22.2 Å². The molecule has 5 aromatic rings. The number of thiophene rings is 1. The van der Waals surface area contributed by atoms with Crippen molar-refractivity contribution in [3.63, 3.8) is 0 Å². The van der Waals surface area contributed by atoms with Crippen molar-refractivity contribution in [3.05, 3.63) is 75.3 Å². The second-order valence-corrected chi connectivity index (χ2v) is 10.3. The molecular weight excluding hydrogens is 442 g/mol. The van der Waals surface area contributed by atoms with Crippen molar-refractivity contribution in [2.75, 3.05) is 0 Å². The zero-order valence-corrected chi connectivity index (χ0v) is 19.2. The maximum Gasteiger partial charge on any atom is 0.263 e. The van der Waals surface area contributed by atoms with Crippen LogP contribution in [0.2, 0.25) is 0 Å². The van der Waals surface area contributed by atoms with Gasteiger partial charge >= 0.3 is 0 Å². The molecule has 5 aromatic heterocycles. The van der Waals surface area contributed by atoms with Crippen LogP contribution in [0.5, 0.6) is 0 Å². The summed E-state index contributed by atoms with van der Waals surface area (Å²) in [6, 6.07) is 5.61. The third-order valence-corrected chi connectivity index (χ3v) is 8.07. The molecule has 1 aliphatic carbocycles. The fourth-order valence-electron chi connectivity index (χ4n) is 4.30. The fourth-order valence-corrected chi connectivity index (χ4v) is 6.61. The average molecular weight is 464 g/mol. The molecule has 1 aliphatic rings. The monoisotopic (exact) mass is 463 g/mol.